The zero-order valence-electron chi connectivity index (χ0n) is 22.1. The van der Waals surface area contributed by atoms with Gasteiger partial charge in [-0.25, -0.2) is 22.9 Å². The molecule has 206 valence electrons. The van der Waals surface area contributed by atoms with E-state index in [0.29, 0.717) is 62.0 Å². The second-order valence-corrected chi connectivity index (χ2v) is 11.6. The van der Waals surface area contributed by atoms with E-state index in [4.69, 9.17) is 4.98 Å². The summed E-state index contributed by atoms with van der Waals surface area (Å²) in [5, 5.41) is 12.5. The van der Waals surface area contributed by atoms with E-state index in [9.17, 15) is 23.1 Å². The molecule has 1 atom stereocenters. The standard InChI is InChI=1S/C25H35N7O5S/c1-17-24(33)30(4)21-8-9-22(28-23(21)32(17)19-10-13-31(14-11-19)25(34)35)27-18-6-5-7-20(16-18)38(36,37)26-12-15-29(2)3/h5-9,16-17,19,26H,10-15H2,1-4H3,(H,27,28)(H,34,35)/t17-/m1/s1. The lowest BCUT2D eigenvalue weighted by atomic mass is 9.99. The third-order valence-electron chi connectivity index (χ3n) is 6.96. The number of piperidine rings is 1. The normalized spacial score (nSPS) is 18.6. The fourth-order valence-corrected chi connectivity index (χ4v) is 5.93. The third kappa shape index (κ3) is 5.84. The predicted octanol–water partition coefficient (Wildman–Crippen LogP) is 1.98. The maximum atomic E-state index is 13.0. The second kappa shape index (κ2) is 11.1. The van der Waals surface area contributed by atoms with Crippen molar-refractivity contribution in [3.63, 3.8) is 0 Å². The number of hydrogen-bond acceptors (Lipinski definition) is 8. The first kappa shape index (κ1) is 27.6. The largest absolute Gasteiger partial charge is 0.465 e. The molecule has 0 radical (unpaired) electrons. The molecule has 3 heterocycles. The molecule has 1 aromatic carbocycles. The van der Waals surface area contributed by atoms with E-state index in [-0.39, 0.29) is 16.8 Å². The van der Waals surface area contributed by atoms with Crippen LogP contribution in [0.25, 0.3) is 0 Å². The van der Waals surface area contributed by atoms with Crippen molar-refractivity contribution in [2.24, 2.45) is 0 Å². The van der Waals surface area contributed by atoms with Crippen LogP contribution in [0.3, 0.4) is 0 Å². The summed E-state index contributed by atoms with van der Waals surface area (Å²) in [6, 6.07) is 9.58. The van der Waals surface area contributed by atoms with Crippen molar-refractivity contribution < 1.29 is 23.1 Å². The van der Waals surface area contributed by atoms with Gasteiger partial charge in [0.2, 0.25) is 15.9 Å². The summed E-state index contributed by atoms with van der Waals surface area (Å²) in [6.45, 7) is 3.50. The van der Waals surface area contributed by atoms with E-state index in [2.05, 4.69) is 10.0 Å². The van der Waals surface area contributed by atoms with Gasteiger partial charge in [-0.2, -0.15) is 0 Å². The molecule has 38 heavy (non-hydrogen) atoms. The zero-order chi connectivity index (χ0) is 27.6. The maximum absolute atomic E-state index is 13.0. The number of sulfonamides is 1. The highest BCUT2D eigenvalue weighted by Crippen LogP contribution is 2.38. The Balaban J connectivity index is 1.58. The molecular weight excluding hydrogens is 510 g/mol. The Morgan fingerprint density at radius 1 is 1.18 bits per heavy atom. The highest BCUT2D eigenvalue weighted by molar-refractivity contribution is 7.89. The quantitative estimate of drug-likeness (QED) is 0.454. The lowest BCUT2D eigenvalue weighted by Crippen LogP contribution is -2.57. The molecule has 2 amide bonds. The van der Waals surface area contributed by atoms with Gasteiger partial charge >= 0.3 is 6.09 Å². The number of fused-ring (bicyclic) bond motifs is 1. The van der Waals surface area contributed by atoms with Crippen LogP contribution < -0.4 is 19.8 Å². The van der Waals surface area contributed by atoms with Gasteiger partial charge in [-0.05, 0) is 64.2 Å². The Kier molecular flexibility index (Phi) is 8.09. The lowest BCUT2D eigenvalue weighted by Gasteiger charge is -2.45. The fourth-order valence-electron chi connectivity index (χ4n) is 4.86. The number of aromatic nitrogens is 1. The number of hydrogen-bond donors (Lipinski definition) is 3. The Morgan fingerprint density at radius 2 is 1.89 bits per heavy atom. The SMILES string of the molecule is C[C@@H]1C(=O)N(C)c2ccc(Nc3cccc(S(=O)(=O)NCCN(C)C)c3)nc2N1C1CCN(C(=O)O)CC1. The Hall–Kier alpha value is -3.42. The first-order chi connectivity index (χ1) is 18.0. The Bertz CT molecular complexity index is 1290. The van der Waals surface area contributed by atoms with Gasteiger partial charge in [0.1, 0.15) is 11.9 Å². The van der Waals surface area contributed by atoms with Gasteiger partial charge in [0, 0.05) is 45.0 Å². The summed E-state index contributed by atoms with van der Waals surface area (Å²) in [4.78, 5) is 36.2. The fraction of sp³-hybridized carbons (Fsp3) is 0.480. The van der Waals surface area contributed by atoms with Gasteiger partial charge in [0.25, 0.3) is 0 Å². The molecule has 2 aromatic rings. The van der Waals surface area contributed by atoms with Crippen LogP contribution in [0.15, 0.2) is 41.3 Å². The van der Waals surface area contributed by atoms with Crippen LogP contribution in [0.1, 0.15) is 19.8 Å². The van der Waals surface area contributed by atoms with Crippen LogP contribution in [-0.4, -0.2) is 99.7 Å². The summed E-state index contributed by atoms with van der Waals surface area (Å²) in [7, 11) is 1.79. The number of likely N-dealkylation sites (tertiary alicyclic amines) is 1. The number of carbonyl (C=O) groups is 2. The van der Waals surface area contributed by atoms with E-state index < -0.39 is 22.2 Å². The number of pyridine rings is 1. The molecule has 1 fully saturated rings. The van der Waals surface area contributed by atoms with E-state index >= 15 is 0 Å². The molecule has 0 unspecified atom stereocenters. The van der Waals surface area contributed by atoms with Gasteiger partial charge in [0.05, 0.1) is 10.6 Å². The molecule has 4 rings (SSSR count). The minimum Gasteiger partial charge on any atom is -0.465 e. The van der Waals surface area contributed by atoms with Gasteiger partial charge in [-0.1, -0.05) is 6.07 Å². The van der Waals surface area contributed by atoms with E-state index in [1.54, 1.807) is 36.2 Å². The minimum absolute atomic E-state index is 0.0403. The van der Waals surface area contributed by atoms with Crippen molar-refractivity contribution in [3.8, 4) is 0 Å². The van der Waals surface area contributed by atoms with Crippen molar-refractivity contribution in [1.82, 2.24) is 19.5 Å². The summed E-state index contributed by atoms with van der Waals surface area (Å²) in [5.74, 6) is 1.08. The number of benzene rings is 1. The van der Waals surface area contributed by atoms with Crippen molar-refractivity contribution >= 4 is 45.0 Å². The molecule has 2 aliphatic heterocycles. The number of anilines is 4. The average molecular weight is 546 g/mol. The molecular formula is C25H35N7O5S. The van der Waals surface area contributed by atoms with E-state index in [0.717, 1.165) is 0 Å². The number of nitrogens with zero attached hydrogens (tertiary/aromatic N) is 5. The number of carbonyl (C=O) groups excluding carboxylic acids is 1. The van der Waals surface area contributed by atoms with Crippen molar-refractivity contribution in [3.05, 3.63) is 36.4 Å². The maximum Gasteiger partial charge on any atom is 0.407 e. The molecule has 1 saturated heterocycles. The molecule has 2 aliphatic rings. The van der Waals surface area contributed by atoms with E-state index in [1.165, 1.54) is 11.0 Å². The minimum atomic E-state index is -3.67. The molecule has 12 nitrogen and oxygen atoms in total. The van der Waals surface area contributed by atoms with E-state index in [1.807, 2.05) is 36.9 Å². The second-order valence-electron chi connectivity index (χ2n) is 9.87. The highest BCUT2D eigenvalue weighted by Gasteiger charge is 2.40. The molecule has 0 bridgehead atoms. The van der Waals surface area contributed by atoms with Crippen molar-refractivity contribution in [1.29, 1.82) is 0 Å². The number of nitrogens with one attached hydrogen (secondary N) is 2. The van der Waals surface area contributed by atoms with Crippen LogP contribution in [-0.2, 0) is 14.8 Å². The first-order valence-electron chi connectivity index (χ1n) is 12.5. The molecule has 0 spiro atoms. The van der Waals surface area contributed by atoms with Crippen LogP contribution in [0.4, 0.5) is 27.8 Å². The Labute approximate surface area is 223 Å². The summed E-state index contributed by atoms with van der Waals surface area (Å²) in [6.07, 6.45) is 0.244. The van der Waals surface area contributed by atoms with Crippen LogP contribution in [0.5, 0.6) is 0 Å². The van der Waals surface area contributed by atoms with Gasteiger partial charge in [-0.15, -0.1) is 0 Å². The van der Waals surface area contributed by atoms with Crippen LogP contribution >= 0.6 is 0 Å². The van der Waals surface area contributed by atoms with Gasteiger partial charge < -0.3 is 30.0 Å². The topological polar surface area (TPSA) is 138 Å². The number of amides is 2. The molecule has 0 saturated carbocycles. The predicted molar refractivity (Wildman–Crippen MR) is 146 cm³/mol. The van der Waals surface area contributed by atoms with Gasteiger partial charge in [0.15, 0.2) is 5.82 Å². The molecule has 0 aliphatic carbocycles. The summed E-state index contributed by atoms with van der Waals surface area (Å²) < 4.78 is 28.1. The smallest absolute Gasteiger partial charge is 0.407 e. The van der Waals surface area contributed by atoms with Gasteiger partial charge in [-0.3, -0.25) is 4.79 Å². The third-order valence-corrected chi connectivity index (χ3v) is 8.42. The van der Waals surface area contributed by atoms with Crippen LogP contribution in [0, 0.1) is 0 Å². The number of likely N-dealkylation sites (N-methyl/N-ethyl adjacent to an activating group) is 2. The zero-order valence-corrected chi connectivity index (χ0v) is 22.9. The summed E-state index contributed by atoms with van der Waals surface area (Å²) >= 11 is 0. The Morgan fingerprint density at radius 3 is 2.55 bits per heavy atom. The molecule has 13 heteroatoms. The highest BCUT2D eigenvalue weighted by atomic mass is 32.2. The molecule has 3 N–H and O–H groups in total. The number of carboxylic acid groups (broad SMARTS) is 1. The van der Waals surface area contributed by atoms with Crippen molar-refractivity contribution in [2.75, 3.05) is 62.4 Å². The summed E-state index contributed by atoms with van der Waals surface area (Å²) in [5.41, 5.74) is 1.23. The first-order valence-corrected chi connectivity index (χ1v) is 14.0. The van der Waals surface area contributed by atoms with Crippen molar-refractivity contribution in [2.45, 2.75) is 36.7 Å². The average Bonchev–Trinajstić information content (AvgIpc) is 2.87. The lowest BCUT2D eigenvalue weighted by molar-refractivity contribution is -0.119. The monoisotopic (exact) mass is 545 g/mol. The number of rotatable bonds is 8. The van der Waals surface area contributed by atoms with Crippen LogP contribution in [0.2, 0.25) is 0 Å². The molecule has 1 aromatic heterocycles.